The molecule has 3 nitrogen and oxygen atoms in total. The van der Waals surface area contributed by atoms with Gasteiger partial charge in [-0.25, -0.2) is 9.97 Å². The third-order valence-electron chi connectivity index (χ3n) is 0.989. The molecule has 0 aliphatic rings. The Morgan fingerprint density at radius 3 is 2.58 bits per heavy atom. The van der Waals surface area contributed by atoms with Gasteiger partial charge in [-0.3, -0.25) is 0 Å². The van der Waals surface area contributed by atoms with Crippen LogP contribution in [0.25, 0.3) is 6.08 Å². The average Bonchev–Trinajstić information content (AvgIpc) is 1.81. The lowest BCUT2D eigenvalue weighted by Gasteiger charge is -1.95. The van der Waals surface area contributed by atoms with Gasteiger partial charge in [0.15, 0.2) is 0 Å². The summed E-state index contributed by atoms with van der Waals surface area (Å²) >= 11 is 16.4. The van der Waals surface area contributed by atoms with Gasteiger partial charge in [0, 0.05) is 6.07 Å². The van der Waals surface area contributed by atoms with Gasteiger partial charge in [-0.15, -0.1) is 0 Å². The molecule has 12 heavy (non-hydrogen) atoms. The van der Waals surface area contributed by atoms with E-state index in [4.69, 9.17) is 40.5 Å². The second-order valence-corrected chi connectivity index (χ2v) is 3.30. The Morgan fingerprint density at radius 2 is 2.08 bits per heavy atom. The molecule has 0 aliphatic carbocycles. The highest BCUT2D eigenvalue weighted by Gasteiger charge is 1.97. The second kappa shape index (κ2) is 3.94. The first-order valence-corrected chi connectivity index (χ1v) is 4.04. The van der Waals surface area contributed by atoms with Crippen LogP contribution in [0.3, 0.4) is 0 Å². The highest BCUT2D eigenvalue weighted by molar-refractivity contribution is 6.57. The molecule has 0 amide bonds. The largest absolute Gasteiger partial charge is 0.368 e. The van der Waals surface area contributed by atoms with Crippen molar-refractivity contribution >= 4 is 46.8 Å². The van der Waals surface area contributed by atoms with E-state index < -0.39 is 0 Å². The molecule has 0 bridgehead atoms. The van der Waals surface area contributed by atoms with E-state index >= 15 is 0 Å². The Kier molecular flexibility index (Phi) is 3.14. The minimum Gasteiger partial charge on any atom is -0.368 e. The summed E-state index contributed by atoms with van der Waals surface area (Å²) in [4.78, 5) is 7.47. The second-order valence-electron chi connectivity index (χ2n) is 1.91. The standard InChI is InChI=1S/C6H4Cl3N3/c7-4(8)1-3-2-5(9)12-6(10)11-3/h1-2H,(H2,10,11,12). The highest BCUT2D eigenvalue weighted by atomic mass is 35.5. The lowest BCUT2D eigenvalue weighted by atomic mass is 10.4. The molecule has 1 aromatic rings. The fourth-order valence-corrected chi connectivity index (χ4v) is 1.06. The summed E-state index contributed by atoms with van der Waals surface area (Å²) in [5.41, 5.74) is 5.79. The van der Waals surface area contributed by atoms with Crippen molar-refractivity contribution in [2.45, 2.75) is 0 Å². The zero-order chi connectivity index (χ0) is 9.14. The molecule has 0 fully saturated rings. The van der Waals surface area contributed by atoms with E-state index in [2.05, 4.69) is 9.97 Å². The van der Waals surface area contributed by atoms with Crippen LogP contribution in [0.2, 0.25) is 5.15 Å². The Morgan fingerprint density at radius 1 is 1.42 bits per heavy atom. The predicted molar refractivity (Wildman–Crippen MR) is 51.1 cm³/mol. The van der Waals surface area contributed by atoms with Gasteiger partial charge in [0.05, 0.1) is 5.69 Å². The molecule has 0 unspecified atom stereocenters. The molecule has 1 rings (SSSR count). The zero-order valence-corrected chi connectivity index (χ0v) is 8.03. The first kappa shape index (κ1) is 9.58. The van der Waals surface area contributed by atoms with Crippen molar-refractivity contribution in [3.8, 4) is 0 Å². The van der Waals surface area contributed by atoms with E-state index in [-0.39, 0.29) is 15.6 Å². The van der Waals surface area contributed by atoms with Crippen LogP contribution in [0.15, 0.2) is 10.6 Å². The number of hydrogen-bond donors (Lipinski definition) is 1. The van der Waals surface area contributed by atoms with E-state index in [1.165, 1.54) is 12.1 Å². The molecular formula is C6H4Cl3N3. The van der Waals surface area contributed by atoms with Gasteiger partial charge in [-0.2, -0.15) is 0 Å². The lowest BCUT2D eigenvalue weighted by Crippen LogP contribution is -1.95. The first-order chi connectivity index (χ1) is 5.58. The van der Waals surface area contributed by atoms with E-state index in [9.17, 15) is 0 Å². The molecule has 1 heterocycles. The first-order valence-electron chi connectivity index (χ1n) is 2.90. The SMILES string of the molecule is Nc1nc(Cl)cc(C=C(Cl)Cl)n1. The zero-order valence-electron chi connectivity index (χ0n) is 5.76. The van der Waals surface area contributed by atoms with Gasteiger partial charge < -0.3 is 5.73 Å². The predicted octanol–water partition coefficient (Wildman–Crippen LogP) is 2.49. The van der Waals surface area contributed by atoms with Gasteiger partial charge in [-0.1, -0.05) is 34.8 Å². The molecule has 0 spiro atoms. The number of anilines is 1. The monoisotopic (exact) mass is 223 g/mol. The Balaban J connectivity index is 3.09. The molecule has 0 aliphatic heterocycles. The van der Waals surface area contributed by atoms with Crippen molar-refractivity contribution in [2.24, 2.45) is 0 Å². The smallest absolute Gasteiger partial charge is 0.221 e. The summed E-state index contributed by atoms with van der Waals surface area (Å²) in [5, 5.41) is 0.253. The van der Waals surface area contributed by atoms with Crippen molar-refractivity contribution in [2.75, 3.05) is 5.73 Å². The van der Waals surface area contributed by atoms with Crippen LogP contribution in [-0.4, -0.2) is 9.97 Å². The van der Waals surface area contributed by atoms with Crippen molar-refractivity contribution in [1.29, 1.82) is 0 Å². The number of aromatic nitrogens is 2. The summed E-state index contributed by atoms with van der Waals surface area (Å²) < 4.78 is 0.0872. The topological polar surface area (TPSA) is 51.8 Å². The fraction of sp³-hybridized carbons (Fsp3) is 0. The maximum Gasteiger partial charge on any atom is 0.221 e. The number of hydrogen-bond acceptors (Lipinski definition) is 3. The Labute approximate surface area is 84.2 Å². The van der Waals surface area contributed by atoms with Gasteiger partial charge in [0.1, 0.15) is 9.64 Å². The maximum absolute atomic E-state index is 5.59. The van der Waals surface area contributed by atoms with E-state index in [0.29, 0.717) is 5.69 Å². The number of nitrogens with zero attached hydrogens (tertiary/aromatic N) is 2. The molecule has 0 atom stereocenters. The summed E-state index contributed by atoms with van der Waals surface area (Å²) in [6.07, 6.45) is 1.42. The van der Waals surface area contributed by atoms with Gasteiger partial charge in [0.2, 0.25) is 5.95 Å². The van der Waals surface area contributed by atoms with Crippen LogP contribution < -0.4 is 5.73 Å². The van der Waals surface area contributed by atoms with E-state index in [1.807, 2.05) is 0 Å². The molecule has 0 radical (unpaired) electrons. The lowest BCUT2D eigenvalue weighted by molar-refractivity contribution is 1.17. The number of rotatable bonds is 1. The summed E-state index contributed by atoms with van der Waals surface area (Å²) in [6, 6.07) is 1.50. The third kappa shape index (κ3) is 2.85. The maximum atomic E-state index is 5.59. The summed E-state index contributed by atoms with van der Waals surface area (Å²) in [7, 11) is 0. The molecule has 0 aromatic carbocycles. The normalized spacial score (nSPS) is 9.58. The van der Waals surface area contributed by atoms with Crippen LogP contribution in [0.4, 0.5) is 5.95 Å². The molecule has 64 valence electrons. The van der Waals surface area contributed by atoms with Crippen LogP contribution in [-0.2, 0) is 0 Å². The molecule has 0 saturated heterocycles. The number of nitrogen functional groups attached to an aromatic ring is 1. The Bertz CT molecular complexity index is 300. The summed E-state index contributed by atoms with van der Waals surface area (Å²) in [6.45, 7) is 0. The van der Waals surface area contributed by atoms with Crippen LogP contribution >= 0.6 is 34.8 Å². The molecule has 2 N–H and O–H groups in total. The minimum atomic E-state index is 0.0864. The van der Waals surface area contributed by atoms with Crippen LogP contribution in [0.5, 0.6) is 0 Å². The van der Waals surface area contributed by atoms with Gasteiger partial charge >= 0.3 is 0 Å². The van der Waals surface area contributed by atoms with Crippen molar-refractivity contribution in [3.05, 3.63) is 21.4 Å². The summed E-state index contributed by atoms with van der Waals surface area (Å²) in [5.74, 6) is 0.0864. The van der Waals surface area contributed by atoms with Gasteiger partial charge in [-0.05, 0) is 6.08 Å². The highest BCUT2D eigenvalue weighted by Crippen LogP contribution is 2.15. The number of nitrogens with two attached hydrogens (primary N) is 1. The fourth-order valence-electron chi connectivity index (χ4n) is 0.639. The van der Waals surface area contributed by atoms with Crippen LogP contribution in [0.1, 0.15) is 5.69 Å². The van der Waals surface area contributed by atoms with Gasteiger partial charge in [0.25, 0.3) is 0 Å². The molecule has 1 aromatic heterocycles. The minimum absolute atomic E-state index is 0.0864. The quantitative estimate of drug-likeness (QED) is 0.746. The average molecular weight is 224 g/mol. The number of halogens is 3. The molecule has 6 heteroatoms. The van der Waals surface area contributed by atoms with Crippen molar-refractivity contribution in [1.82, 2.24) is 9.97 Å². The molecular weight excluding hydrogens is 220 g/mol. The van der Waals surface area contributed by atoms with Crippen LogP contribution in [0, 0.1) is 0 Å². The molecule has 0 saturated carbocycles. The third-order valence-corrected chi connectivity index (χ3v) is 1.40. The van der Waals surface area contributed by atoms with Crippen molar-refractivity contribution in [3.63, 3.8) is 0 Å². The van der Waals surface area contributed by atoms with E-state index in [1.54, 1.807) is 0 Å². The van der Waals surface area contributed by atoms with E-state index in [0.717, 1.165) is 0 Å². The van der Waals surface area contributed by atoms with Crippen molar-refractivity contribution < 1.29 is 0 Å². The Hall–Kier alpha value is -0.510.